The van der Waals surface area contributed by atoms with Crippen LogP contribution in [0.3, 0.4) is 0 Å². The zero-order valence-corrected chi connectivity index (χ0v) is 11.5. The molecule has 0 saturated heterocycles. The van der Waals surface area contributed by atoms with Crippen LogP contribution in [0.4, 0.5) is 14.9 Å². The lowest BCUT2D eigenvalue weighted by molar-refractivity contribution is 0.210. The number of nitrogens with one attached hydrogen (secondary N) is 1. The number of hydrogen-bond acceptors (Lipinski definition) is 4. The Labute approximate surface area is 124 Å². The SMILES string of the molecule is COc1ccc(-c2nc3cc(NC(=O)O)ccc3o2)cc1F. The topological polar surface area (TPSA) is 84.6 Å². The number of halogens is 1. The Hall–Kier alpha value is -3.09. The van der Waals surface area contributed by atoms with Crippen molar-refractivity contribution in [3.63, 3.8) is 0 Å². The molecule has 0 spiro atoms. The second-order valence-corrected chi connectivity index (χ2v) is 4.48. The largest absolute Gasteiger partial charge is 0.494 e. The minimum atomic E-state index is -1.17. The molecular weight excluding hydrogens is 291 g/mol. The van der Waals surface area contributed by atoms with Gasteiger partial charge in [-0.2, -0.15) is 0 Å². The summed E-state index contributed by atoms with van der Waals surface area (Å²) in [6.45, 7) is 0. The first kappa shape index (κ1) is 13.9. The van der Waals surface area contributed by atoms with E-state index in [-0.39, 0.29) is 11.6 Å². The number of methoxy groups -OCH3 is 1. The normalized spacial score (nSPS) is 10.6. The van der Waals surface area contributed by atoms with Gasteiger partial charge in [-0.3, -0.25) is 5.32 Å². The number of ether oxygens (including phenoxy) is 1. The van der Waals surface area contributed by atoms with Gasteiger partial charge >= 0.3 is 6.09 Å². The standard InChI is InChI=1S/C15H11FN2O4/c1-21-12-4-2-8(6-10(12)16)14-18-11-7-9(17-15(19)20)3-5-13(11)22-14/h2-7,17H,1H3,(H,19,20). The van der Waals surface area contributed by atoms with Crippen molar-refractivity contribution in [1.82, 2.24) is 4.98 Å². The van der Waals surface area contributed by atoms with E-state index in [9.17, 15) is 9.18 Å². The van der Waals surface area contributed by atoms with Crippen LogP contribution in [-0.4, -0.2) is 23.3 Å². The van der Waals surface area contributed by atoms with Crippen molar-refractivity contribution in [1.29, 1.82) is 0 Å². The number of anilines is 1. The lowest BCUT2D eigenvalue weighted by atomic mass is 10.2. The molecule has 7 heteroatoms. The number of fused-ring (bicyclic) bond motifs is 1. The van der Waals surface area contributed by atoms with Gasteiger partial charge in [0.05, 0.1) is 7.11 Å². The first-order valence-electron chi connectivity index (χ1n) is 6.31. The second-order valence-electron chi connectivity index (χ2n) is 4.48. The van der Waals surface area contributed by atoms with Crippen molar-refractivity contribution >= 4 is 22.9 Å². The third kappa shape index (κ3) is 2.56. The van der Waals surface area contributed by atoms with Gasteiger partial charge in [-0.1, -0.05) is 0 Å². The van der Waals surface area contributed by atoms with Gasteiger partial charge in [0.1, 0.15) is 5.52 Å². The lowest BCUT2D eigenvalue weighted by Crippen LogP contribution is -2.06. The highest BCUT2D eigenvalue weighted by Gasteiger charge is 2.12. The fourth-order valence-electron chi connectivity index (χ4n) is 2.05. The molecule has 22 heavy (non-hydrogen) atoms. The maximum Gasteiger partial charge on any atom is 0.409 e. The number of carbonyl (C=O) groups is 1. The van der Waals surface area contributed by atoms with Crippen molar-refractivity contribution in [2.24, 2.45) is 0 Å². The van der Waals surface area contributed by atoms with Crippen molar-refractivity contribution in [3.05, 3.63) is 42.2 Å². The molecule has 0 fully saturated rings. The Kier molecular flexibility index (Phi) is 3.38. The van der Waals surface area contributed by atoms with Gasteiger partial charge in [0.25, 0.3) is 0 Å². The number of carboxylic acid groups (broad SMARTS) is 1. The van der Waals surface area contributed by atoms with E-state index in [0.717, 1.165) is 0 Å². The van der Waals surface area contributed by atoms with Crippen LogP contribution in [0.5, 0.6) is 5.75 Å². The van der Waals surface area contributed by atoms with Crippen molar-refractivity contribution in [2.45, 2.75) is 0 Å². The minimum absolute atomic E-state index is 0.132. The average Bonchev–Trinajstić information content (AvgIpc) is 2.89. The van der Waals surface area contributed by atoms with E-state index in [4.69, 9.17) is 14.3 Å². The summed E-state index contributed by atoms with van der Waals surface area (Å²) in [7, 11) is 1.38. The molecule has 0 aliphatic heterocycles. The summed E-state index contributed by atoms with van der Waals surface area (Å²) < 4.78 is 24.1. The molecule has 1 heterocycles. The van der Waals surface area contributed by atoms with Crippen LogP contribution in [0, 0.1) is 5.82 Å². The molecule has 0 saturated carbocycles. The molecule has 0 aliphatic rings. The van der Waals surface area contributed by atoms with E-state index >= 15 is 0 Å². The van der Waals surface area contributed by atoms with E-state index < -0.39 is 11.9 Å². The summed E-state index contributed by atoms with van der Waals surface area (Å²) in [4.78, 5) is 14.9. The minimum Gasteiger partial charge on any atom is -0.494 e. The van der Waals surface area contributed by atoms with Crippen LogP contribution in [0.2, 0.25) is 0 Å². The van der Waals surface area contributed by atoms with E-state index in [1.807, 2.05) is 0 Å². The monoisotopic (exact) mass is 302 g/mol. The van der Waals surface area contributed by atoms with Gasteiger partial charge in [0.15, 0.2) is 17.1 Å². The number of benzene rings is 2. The van der Waals surface area contributed by atoms with Gasteiger partial charge < -0.3 is 14.3 Å². The fraction of sp³-hybridized carbons (Fsp3) is 0.0667. The van der Waals surface area contributed by atoms with Gasteiger partial charge in [0.2, 0.25) is 5.89 Å². The van der Waals surface area contributed by atoms with E-state index in [1.165, 1.54) is 25.3 Å². The molecule has 0 atom stereocenters. The summed E-state index contributed by atoms with van der Waals surface area (Å²) in [5.41, 5.74) is 1.78. The number of amides is 1. The van der Waals surface area contributed by atoms with Crippen molar-refractivity contribution in [3.8, 4) is 17.2 Å². The molecular formula is C15H11FN2O4. The Morgan fingerprint density at radius 1 is 1.32 bits per heavy atom. The summed E-state index contributed by atoms with van der Waals surface area (Å²) >= 11 is 0. The Bertz CT molecular complexity index is 860. The molecule has 0 radical (unpaired) electrons. The smallest absolute Gasteiger partial charge is 0.409 e. The fourth-order valence-corrected chi connectivity index (χ4v) is 2.05. The number of rotatable bonds is 3. The number of nitrogens with zero attached hydrogens (tertiary/aromatic N) is 1. The Balaban J connectivity index is 2.01. The van der Waals surface area contributed by atoms with E-state index in [0.29, 0.717) is 22.4 Å². The van der Waals surface area contributed by atoms with Crippen LogP contribution in [0.25, 0.3) is 22.6 Å². The summed E-state index contributed by atoms with van der Waals surface area (Å²) in [6, 6.07) is 9.06. The Morgan fingerprint density at radius 2 is 2.14 bits per heavy atom. The van der Waals surface area contributed by atoms with Crippen LogP contribution >= 0.6 is 0 Å². The molecule has 2 N–H and O–H groups in total. The van der Waals surface area contributed by atoms with Gasteiger partial charge in [-0.05, 0) is 36.4 Å². The molecule has 2 aromatic carbocycles. The third-order valence-electron chi connectivity index (χ3n) is 3.04. The first-order valence-corrected chi connectivity index (χ1v) is 6.31. The molecule has 6 nitrogen and oxygen atoms in total. The number of oxazole rings is 1. The van der Waals surface area contributed by atoms with Crippen molar-refractivity contribution in [2.75, 3.05) is 12.4 Å². The zero-order chi connectivity index (χ0) is 15.7. The number of aromatic nitrogens is 1. The third-order valence-corrected chi connectivity index (χ3v) is 3.04. The highest BCUT2D eigenvalue weighted by Crippen LogP contribution is 2.29. The van der Waals surface area contributed by atoms with Crippen LogP contribution in [0.15, 0.2) is 40.8 Å². The second kappa shape index (κ2) is 5.36. The molecule has 1 aromatic heterocycles. The molecule has 0 aliphatic carbocycles. The highest BCUT2D eigenvalue weighted by molar-refractivity contribution is 5.87. The maximum absolute atomic E-state index is 13.7. The molecule has 3 aromatic rings. The zero-order valence-electron chi connectivity index (χ0n) is 11.5. The van der Waals surface area contributed by atoms with Crippen molar-refractivity contribution < 1.29 is 23.4 Å². The van der Waals surface area contributed by atoms with Gasteiger partial charge in [-0.15, -0.1) is 0 Å². The van der Waals surface area contributed by atoms with E-state index in [2.05, 4.69) is 10.3 Å². The molecule has 1 amide bonds. The van der Waals surface area contributed by atoms with Gasteiger partial charge in [-0.25, -0.2) is 14.2 Å². The predicted molar refractivity (Wildman–Crippen MR) is 77.6 cm³/mol. The summed E-state index contributed by atoms with van der Waals surface area (Å²) in [5.74, 6) is -0.146. The Morgan fingerprint density at radius 3 is 2.82 bits per heavy atom. The lowest BCUT2D eigenvalue weighted by Gasteiger charge is -2.02. The quantitative estimate of drug-likeness (QED) is 0.770. The predicted octanol–water partition coefficient (Wildman–Crippen LogP) is 3.73. The summed E-state index contributed by atoms with van der Waals surface area (Å²) in [6.07, 6.45) is -1.17. The first-order chi connectivity index (χ1) is 10.6. The number of hydrogen-bond donors (Lipinski definition) is 2. The summed E-state index contributed by atoms with van der Waals surface area (Å²) in [5, 5.41) is 10.9. The maximum atomic E-state index is 13.7. The van der Waals surface area contributed by atoms with Crippen LogP contribution < -0.4 is 10.1 Å². The molecule has 112 valence electrons. The average molecular weight is 302 g/mol. The highest BCUT2D eigenvalue weighted by atomic mass is 19.1. The molecule has 0 bridgehead atoms. The van der Waals surface area contributed by atoms with Crippen LogP contribution in [-0.2, 0) is 0 Å². The van der Waals surface area contributed by atoms with E-state index in [1.54, 1.807) is 18.2 Å². The van der Waals surface area contributed by atoms with Gasteiger partial charge in [0, 0.05) is 11.3 Å². The molecule has 0 unspecified atom stereocenters. The molecule has 3 rings (SSSR count). The van der Waals surface area contributed by atoms with Crippen LogP contribution in [0.1, 0.15) is 0 Å².